The van der Waals surface area contributed by atoms with Crippen LogP contribution < -0.4 is 0 Å². The SMILES string of the molecule is O=C(CCc1ccccn1)N(CCO)C1CCC1. The third-order valence-electron chi connectivity index (χ3n) is 3.50. The van der Waals surface area contributed by atoms with Crippen molar-refractivity contribution in [3.05, 3.63) is 30.1 Å². The molecule has 1 N–H and O–H groups in total. The van der Waals surface area contributed by atoms with E-state index in [0.717, 1.165) is 18.5 Å². The Hall–Kier alpha value is -1.42. The van der Waals surface area contributed by atoms with Crippen LogP contribution in [0.1, 0.15) is 31.4 Å². The van der Waals surface area contributed by atoms with Gasteiger partial charge in [0.2, 0.25) is 5.91 Å². The molecule has 1 fully saturated rings. The summed E-state index contributed by atoms with van der Waals surface area (Å²) in [6.45, 7) is 0.511. The minimum absolute atomic E-state index is 0.0474. The smallest absolute Gasteiger partial charge is 0.223 e. The molecule has 1 aliphatic carbocycles. The van der Waals surface area contributed by atoms with Crippen molar-refractivity contribution in [3.63, 3.8) is 0 Å². The van der Waals surface area contributed by atoms with Gasteiger partial charge in [-0.2, -0.15) is 0 Å². The van der Waals surface area contributed by atoms with Crippen molar-refractivity contribution in [2.75, 3.05) is 13.2 Å². The number of aryl methyl sites for hydroxylation is 1. The zero-order chi connectivity index (χ0) is 12.8. The number of aliphatic hydroxyl groups is 1. The van der Waals surface area contributed by atoms with E-state index in [9.17, 15) is 4.79 Å². The average Bonchev–Trinajstić information content (AvgIpc) is 2.34. The van der Waals surface area contributed by atoms with Gasteiger partial charge in [-0.15, -0.1) is 0 Å². The van der Waals surface area contributed by atoms with Crippen LogP contribution in [0.3, 0.4) is 0 Å². The van der Waals surface area contributed by atoms with Gasteiger partial charge in [0.1, 0.15) is 0 Å². The number of carbonyl (C=O) groups excluding carboxylic acids is 1. The second kappa shape index (κ2) is 6.50. The maximum atomic E-state index is 12.1. The lowest BCUT2D eigenvalue weighted by atomic mass is 9.91. The Kier molecular flexibility index (Phi) is 4.70. The molecule has 0 spiro atoms. The molecule has 2 rings (SSSR count). The number of pyridine rings is 1. The number of rotatable bonds is 6. The third-order valence-corrected chi connectivity index (χ3v) is 3.50. The fourth-order valence-corrected chi connectivity index (χ4v) is 2.24. The quantitative estimate of drug-likeness (QED) is 0.827. The Morgan fingerprint density at radius 2 is 2.28 bits per heavy atom. The Morgan fingerprint density at radius 1 is 1.44 bits per heavy atom. The van der Waals surface area contributed by atoms with Crippen LogP contribution in [0.2, 0.25) is 0 Å². The summed E-state index contributed by atoms with van der Waals surface area (Å²) >= 11 is 0. The molecule has 0 aliphatic heterocycles. The number of hydrogen-bond acceptors (Lipinski definition) is 3. The van der Waals surface area contributed by atoms with Crippen LogP contribution in [0, 0.1) is 0 Å². The van der Waals surface area contributed by atoms with Crippen molar-refractivity contribution in [3.8, 4) is 0 Å². The highest BCUT2D eigenvalue weighted by Crippen LogP contribution is 2.25. The minimum Gasteiger partial charge on any atom is -0.395 e. The lowest BCUT2D eigenvalue weighted by Gasteiger charge is -2.37. The van der Waals surface area contributed by atoms with Gasteiger partial charge in [-0.25, -0.2) is 0 Å². The van der Waals surface area contributed by atoms with Crippen LogP contribution in [-0.2, 0) is 11.2 Å². The van der Waals surface area contributed by atoms with Gasteiger partial charge < -0.3 is 10.0 Å². The monoisotopic (exact) mass is 248 g/mol. The molecular weight excluding hydrogens is 228 g/mol. The highest BCUT2D eigenvalue weighted by Gasteiger charge is 2.27. The summed E-state index contributed by atoms with van der Waals surface area (Å²) in [7, 11) is 0. The molecule has 1 saturated carbocycles. The highest BCUT2D eigenvalue weighted by atomic mass is 16.3. The summed E-state index contributed by atoms with van der Waals surface area (Å²) in [5.41, 5.74) is 0.948. The van der Waals surface area contributed by atoms with E-state index in [1.54, 1.807) is 6.20 Å². The number of hydrogen-bond donors (Lipinski definition) is 1. The molecule has 18 heavy (non-hydrogen) atoms. The molecule has 0 radical (unpaired) electrons. The van der Waals surface area contributed by atoms with Crippen molar-refractivity contribution in [1.29, 1.82) is 0 Å². The molecule has 0 aromatic carbocycles. The fourth-order valence-electron chi connectivity index (χ4n) is 2.24. The van der Waals surface area contributed by atoms with Gasteiger partial charge >= 0.3 is 0 Å². The zero-order valence-corrected chi connectivity index (χ0v) is 10.6. The standard InChI is InChI=1S/C14H20N2O2/c17-11-10-16(13-5-3-6-13)14(18)8-7-12-4-1-2-9-15-12/h1-2,4,9,13,17H,3,5-8,10-11H2. The fraction of sp³-hybridized carbons (Fsp3) is 0.571. The maximum Gasteiger partial charge on any atom is 0.223 e. The third kappa shape index (κ3) is 3.29. The van der Waals surface area contributed by atoms with E-state index in [2.05, 4.69) is 4.98 Å². The number of aromatic nitrogens is 1. The second-order valence-electron chi connectivity index (χ2n) is 4.72. The first kappa shape index (κ1) is 13.0. The summed E-state index contributed by atoms with van der Waals surface area (Å²) in [6, 6.07) is 6.10. The van der Waals surface area contributed by atoms with Crippen LogP contribution in [0.25, 0.3) is 0 Å². The van der Waals surface area contributed by atoms with E-state index in [-0.39, 0.29) is 12.5 Å². The number of carbonyl (C=O) groups is 1. The maximum absolute atomic E-state index is 12.1. The van der Waals surface area contributed by atoms with E-state index < -0.39 is 0 Å². The van der Waals surface area contributed by atoms with E-state index in [0.29, 0.717) is 25.4 Å². The van der Waals surface area contributed by atoms with Crippen LogP contribution >= 0.6 is 0 Å². The van der Waals surface area contributed by atoms with Crippen molar-refractivity contribution >= 4 is 5.91 Å². The lowest BCUT2D eigenvalue weighted by Crippen LogP contribution is -2.45. The average molecular weight is 248 g/mol. The first-order valence-corrected chi connectivity index (χ1v) is 6.61. The number of aliphatic hydroxyl groups excluding tert-OH is 1. The van der Waals surface area contributed by atoms with E-state index in [4.69, 9.17) is 5.11 Å². The first-order valence-electron chi connectivity index (χ1n) is 6.61. The van der Waals surface area contributed by atoms with E-state index >= 15 is 0 Å². The predicted molar refractivity (Wildman–Crippen MR) is 69.0 cm³/mol. The summed E-state index contributed by atoms with van der Waals surface area (Å²) in [5, 5.41) is 9.03. The van der Waals surface area contributed by atoms with Crippen molar-refractivity contribution < 1.29 is 9.90 Å². The molecule has 1 heterocycles. The number of nitrogens with zero attached hydrogens (tertiary/aromatic N) is 2. The molecule has 0 bridgehead atoms. The molecule has 1 aliphatic rings. The van der Waals surface area contributed by atoms with Crippen LogP contribution in [0.5, 0.6) is 0 Å². The summed E-state index contributed by atoms with van der Waals surface area (Å²) in [6.07, 6.45) is 6.25. The summed E-state index contributed by atoms with van der Waals surface area (Å²) in [4.78, 5) is 18.2. The van der Waals surface area contributed by atoms with E-state index in [1.807, 2.05) is 23.1 Å². The lowest BCUT2D eigenvalue weighted by molar-refractivity contribution is -0.135. The Balaban J connectivity index is 1.85. The van der Waals surface area contributed by atoms with Gasteiger partial charge in [-0.1, -0.05) is 6.07 Å². The highest BCUT2D eigenvalue weighted by molar-refractivity contribution is 5.76. The predicted octanol–water partition coefficient (Wildman–Crippen LogP) is 1.39. The molecule has 0 unspecified atom stereocenters. The van der Waals surface area contributed by atoms with Crippen LogP contribution in [0.15, 0.2) is 24.4 Å². The molecule has 0 atom stereocenters. The molecule has 4 nitrogen and oxygen atoms in total. The summed E-state index contributed by atoms with van der Waals surface area (Å²) < 4.78 is 0. The molecule has 1 amide bonds. The normalized spacial score (nSPS) is 15.2. The minimum atomic E-state index is 0.0474. The molecular formula is C14H20N2O2. The molecule has 4 heteroatoms. The Morgan fingerprint density at radius 3 is 2.83 bits per heavy atom. The van der Waals surface area contributed by atoms with Crippen molar-refractivity contribution in [2.45, 2.75) is 38.1 Å². The first-order chi connectivity index (χ1) is 8.81. The van der Waals surface area contributed by atoms with Gasteiger partial charge in [-0.05, 0) is 37.8 Å². The molecule has 98 valence electrons. The van der Waals surface area contributed by atoms with Crippen LogP contribution in [-0.4, -0.2) is 40.1 Å². The van der Waals surface area contributed by atoms with Gasteiger partial charge in [0.15, 0.2) is 0 Å². The second-order valence-corrected chi connectivity index (χ2v) is 4.72. The van der Waals surface area contributed by atoms with Crippen molar-refractivity contribution in [2.24, 2.45) is 0 Å². The van der Waals surface area contributed by atoms with Gasteiger partial charge in [-0.3, -0.25) is 9.78 Å². The van der Waals surface area contributed by atoms with Gasteiger partial charge in [0.25, 0.3) is 0 Å². The Bertz CT molecular complexity index is 377. The van der Waals surface area contributed by atoms with Gasteiger partial charge in [0.05, 0.1) is 6.61 Å². The van der Waals surface area contributed by atoms with Crippen molar-refractivity contribution in [1.82, 2.24) is 9.88 Å². The summed E-state index contributed by atoms with van der Waals surface area (Å²) in [5.74, 6) is 0.138. The Labute approximate surface area is 108 Å². The van der Waals surface area contributed by atoms with Gasteiger partial charge in [0, 0.05) is 30.9 Å². The van der Waals surface area contributed by atoms with Crippen LogP contribution in [0.4, 0.5) is 0 Å². The number of amides is 1. The molecule has 1 aromatic heterocycles. The molecule has 1 aromatic rings. The molecule has 0 saturated heterocycles. The topological polar surface area (TPSA) is 53.4 Å². The zero-order valence-electron chi connectivity index (χ0n) is 10.6. The largest absolute Gasteiger partial charge is 0.395 e. The van der Waals surface area contributed by atoms with E-state index in [1.165, 1.54) is 6.42 Å².